The Morgan fingerprint density at radius 3 is 2.00 bits per heavy atom. The van der Waals surface area contributed by atoms with Gasteiger partial charge >= 0.3 is 0 Å². The maximum atomic E-state index is 12.1. The van der Waals surface area contributed by atoms with Gasteiger partial charge in [-0.1, -0.05) is 0 Å². The summed E-state index contributed by atoms with van der Waals surface area (Å²) in [6, 6.07) is -0.199. The molecule has 1 aliphatic heterocycles. The topological polar surface area (TPSA) is 142 Å². The molecule has 1 amide bonds. The molecule has 0 aliphatic carbocycles. The fraction of sp³-hybridized carbons (Fsp3) is 0.933. The first-order chi connectivity index (χ1) is 10.4. The third-order valence-electron chi connectivity index (χ3n) is 4.06. The van der Waals surface area contributed by atoms with E-state index in [0.717, 1.165) is 0 Å². The maximum Gasteiger partial charge on any atom is 0.251 e. The standard InChI is InChI=1S/C15H30N2O6/c1-14(2)5-8(6-15(3,4)17-14)16-13(23)12(22)11(21)10(20)9(19)7-18/h8-12,17-22H,5-7H2,1-4H3,(H,16,23). The first-order valence-corrected chi connectivity index (χ1v) is 7.81. The minimum Gasteiger partial charge on any atom is -0.394 e. The fourth-order valence-electron chi connectivity index (χ4n) is 3.39. The van der Waals surface area contributed by atoms with Crippen molar-refractivity contribution in [2.75, 3.05) is 6.61 Å². The van der Waals surface area contributed by atoms with Gasteiger partial charge in [0.1, 0.15) is 18.3 Å². The van der Waals surface area contributed by atoms with Crippen molar-refractivity contribution in [1.29, 1.82) is 0 Å². The highest BCUT2D eigenvalue weighted by Crippen LogP contribution is 2.28. The fourth-order valence-corrected chi connectivity index (χ4v) is 3.39. The molecule has 0 spiro atoms. The van der Waals surface area contributed by atoms with Gasteiger partial charge in [0, 0.05) is 17.1 Å². The van der Waals surface area contributed by atoms with Gasteiger partial charge in [0.2, 0.25) is 0 Å². The Morgan fingerprint density at radius 2 is 1.57 bits per heavy atom. The highest BCUT2D eigenvalue weighted by Gasteiger charge is 2.40. The van der Waals surface area contributed by atoms with Gasteiger partial charge in [0.25, 0.3) is 5.91 Å². The summed E-state index contributed by atoms with van der Waals surface area (Å²) in [5.74, 6) is -0.819. The van der Waals surface area contributed by atoms with E-state index in [0.29, 0.717) is 12.8 Å². The highest BCUT2D eigenvalue weighted by atomic mass is 16.4. The number of carbonyl (C=O) groups is 1. The first-order valence-electron chi connectivity index (χ1n) is 7.81. The Labute approximate surface area is 136 Å². The van der Waals surface area contributed by atoms with E-state index >= 15 is 0 Å². The number of hydrogen-bond donors (Lipinski definition) is 7. The molecule has 1 heterocycles. The largest absolute Gasteiger partial charge is 0.394 e. The van der Waals surface area contributed by atoms with Crippen molar-refractivity contribution in [3.63, 3.8) is 0 Å². The summed E-state index contributed by atoms with van der Waals surface area (Å²) in [6.07, 6.45) is -5.95. The van der Waals surface area contributed by atoms with E-state index in [4.69, 9.17) is 5.11 Å². The molecule has 1 saturated heterocycles. The van der Waals surface area contributed by atoms with Gasteiger partial charge in [0.15, 0.2) is 6.10 Å². The van der Waals surface area contributed by atoms with Crippen molar-refractivity contribution in [3.8, 4) is 0 Å². The molecule has 1 fully saturated rings. The van der Waals surface area contributed by atoms with Crippen LogP contribution in [0, 0.1) is 0 Å². The van der Waals surface area contributed by atoms with Crippen LogP contribution in [-0.2, 0) is 4.79 Å². The van der Waals surface area contributed by atoms with Crippen molar-refractivity contribution >= 4 is 5.91 Å². The van der Waals surface area contributed by atoms with Crippen LogP contribution in [0.4, 0.5) is 0 Å². The lowest BCUT2D eigenvalue weighted by molar-refractivity contribution is -0.150. The first kappa shape index (κ1) is 20.3. The summed E-state index contributed by atoms with van der Waals surface area (Å²) in [5, 5.41) is 53.3. The molecule has 4 atom stereocenters. The van der Waals surface area contributed by atoms with Crippen LogP contribution >= 0.6 is 0 Å². The molecule has 0 bridgehead atoms. The van der Waals surface area contributed by atoms with E-state index in [2.05, 4.69) is 10.6 Å². The molecule has 8 nitrogen and oxygen atoms in total. The van der Waals surface area contributed by atoms with E-state index in [-0.39, 0.29) is 17.1 Å². The molecule has 1 aliphatic rings. The van der Waals surface area contributed by atoms with Crippen LogP contribution in [0.1, 0.15) is 40.5 Å². The number of carbonyl (C=O) groups excluding carboxylic acids is 1. The highest BCUT2D eigenvalue weighted by molar-refractivity contribution is 5.81. The lowest BCUT2D eigenvalue weighted by Gasteiger charge is -2.46. The zero-order valence-corrected chi connectivity index (χ0v) is 14.2. The van der Waals surface area contributed by atoms with Crippen molar-refractivity contribution in [3.05, 3.63) is 0 Å². The van der Waals surface area contributed by atoms with E-state index in [1.807, 2.05) is 27.7 Å². The van der Waals surface area contributed by atoms with Gasteiger partial charge in [-0.25, -0.2) is 0 Å². The molecule has 1 rings (SSSR count). The van der Waals surface area contributed by atoms with Gasteiger partial charge in [-0.05, 0) is 40.5 Å². The third-order valence-corrected chi connectivity index (χ3v) is 4.06. The molecule has 0 aromatic carbocycles. The molecule has 7 N–H and O–H groups in total. The summed E-state index contributed by atoms with van der Waals surface area (Å²) in [7, 11) is 0. The van der Waals surface area contributed by atoms with Crippen LogP contribution in [0.3, 0.4) is 0 Å². The van der Waals surface area contributed by atoms with Crippen molar-refractivity contribution in [2.45, 2.75) is 82.1 Å². The van der Waals surface area contributed by atoms with Crippen LogP contribution in [0.5, 0.6) is 0 Å². The summed E-state index contributed by atoms with van der Waals surface area (Å²) >= 11 is 0. The summed E-state index contributed by atoms with van der Waals surface area (Å²) in [6.45, 7) is 7.27. The van der Waals surface area contributed by atoms with Crippen LogP contribution in [0.2, 0.25) is 0 Å². The van der Waals surface area contributed by atoms with Crippen LogP contribution in [0.15, 0.2) is 0 Å². The van der Waals surface area contributed by atoms with Crippen molar-refractivity contribution in [1.82, 2.24) is 10.6 Å². The number of amides is 1. The normalized spacial score (nSPS) is 26.1. The van der Waals surface area contributed by atoms with Gasteiger partial charge < -0.3 is 36.2 Å². The number of hydrogen-bond acceptors (Lipinski definition) is 7. The second-order valence-corrected chi connectivity index (χ2v) is 7.68. The molecule has 0 radical (unpaired) electrons. The number of aliphatic hydroxyl groups is 5. The van der Waals surface area contributed by atoms with Gasteiger partial charge in [0.05, 0.1) is 6.61 Å². The minimum atomic E-state index is -1.90. The lowest BCUT2D eigenvalue weighted by Crippen LogP contribution is -2.63. The number of piperidine rings is 1. The van der Waals surface area contributed by atoms with Crippen molar-refractivity contribution < 1.29 is 30.3 Å². The Bertz CT molecular complexity index is 399. The van der Waals surface area contributed by atoms with Crippen LogP contribution in [-0.4, -0.2) is 79.6 Å². The Kier molecular flexibility index (Phi) is 6.54. The molecular formula is C15H30N2O6. The second kappa shape index (κ2) is 7.42. The molecule has 136 valence electrons. The predicted molar refractivity (Wildman–Crippen MR) is 83.6 cm³/mol. The number of nitrogens with one attached hydrogen (secondary N) is 2. The third kappa shape index (κ3) is 5.66. The molecule has 4 unspecified atom stereocenters. The Morgan fingerprint density at radius 1 is 1.09 bits per heavy atom. The SMILES string of the molecule is CC1(C)CC(NC(=O)C(O)C(O)C(O)C(O)CO)CC(C)(C)N1. The maximum absolute atomic E-state index is 12.1. The molecule has 0 aromatic heterocycles. The summed E-state index contributed by atoms with van der Waals surface area (Å²) in [4.78, 5) is 12.1. The zero-order chi connectivity index (χ0) is 18.0. The van der Waals surface area contributed by atoms with Gasteiger partial charge in [-0.15, -0.1) is 0 Å². The monoisotopic (exact) mass is 334 g/mol. The molecular weight excluding hydrogens is 304 g/mol. The number of aliphatic hydroxyl groups excluding tert-OH is 5. The molecule has 0 aromatic rings. The molecule has 0 saturated carbocycles. The lowest BCUT2D eigenvalue weighted by atomic mass is 9.79. The average Bonchev–Trinajstić information content (AvgIpc) is 2.40. The Balaban J connectivity index is 2.67. The predicted octanol–water partition coefficient (Wildman–Crippen LogP) is -2.15. The number of rotatable bonds is 6. The minimum absolute atomic E-state index is 0.199. The van der Waals surface area contributed by atoms with E-state index in [1.165, 1.54) is 0 Å². The van der Waals surface area contributed by atoms with Crippen molar-refractivity contribution in [2.24, 2.45) is 0 Å². The van der Waals surface area contributed by atoms with E-state index in [1.54, 1.807) is 0 Å². The smallest absolute Gasteiger partial charge is 0.251 e. The Hall–Kier alpha value is -0.770. The van der Waals surface area contributed by atoms with Gasteiger partial charge in [-0.3, -0.25) is 4.79 Å². The van der Waals surface area contributed by atoms with Gasteiger partial charge in [-0.2, -0.15) is 0 Å². The van der Waals surface area contributed by atoms with E-state index < -0.39 is 36.9 Å². The quantitative estimate of drug-likeness (QED) is 0.293. The van der Waals surface area contributed by atoms with E-state index in [9.17, 15) is 25.2 Å². The zero-order valence-electron chi connectivity index (χ0n) is 14.2. The second-order valence-electron chi connectivity index (χ2n) is 7.68. The van der Waals surface area contributed by atoms with Crippen LogP contribution in [0.25, 0.3) is 0 Å². The molecule has 23 heavy (non-hydrogen) atoms. The summed E-state index contributed by atoms with van der Waals surface area (Å²) in [5.41, 5.74) is -0.397. The van der Waals surface area contributed by atoms with Crippen LogP contribution < -0.4 is 10.6 Å². The molecule has 8 heteroatoms. The average molecular weight is 334 g/mol. The summed E-state index contributed by atoms with van der Waals surface area (Å²) < 4.78 is 0.